The van der Waals surface area contributed by atoms with E-state index in [9.17, 15) is 0 Å². The maximum absolute atomic E-state index is 8.80. The standard InChI is InChI=1S/C18H17ClN2S/c1-3-18(15-5-6-16(11-20)21-12-15)22-9-8-14-10-13(2)4-7-17(14)19/h3-7,10,12H,8-9H2,1-2H3/b18-3-. The summed E-state index contributed by atoms with van der Waals surface area (Å²) in [5.74, 6) is 0.947. The second-order valence-corrected chi connectivity index (χ2v) is 6.43. The van der Waals surface area contributed by atoms with Crippen LogP contribution >= 0.6 is 23.4 Å². The topological polar surface area (TPSA) is 36.7 Å². The van der Waals surface area contributed by atoms with Gasteiger partial charge >= 0.3 is 0 Å². The number of halogens is 1. The zero-order chi connectivity index (χ0) is 15.9. The van der Waals surface area contributed by atoms with E-state index >= 15 is 0 Å². The molecule has 1 aromatic carbocycles. The maximum Gasteiger partial charge on any atom is 0.140 e. The van der Waals surface area contributed by atoms with E-state index in [0.29, 0.717) is 5.69 Å². The molecule has 0 unspecified atom stereocenters. The van der Waals surface area contributed by atoms with Crippen LogP contribution in [-0.4, -0.2) is 10.7 Å². The number of benzene rings is 1. The lowest BCUT2D eigenvalue weighted by Gasteiger charge is -2.08. The normalized spacial score (nSPS) is 11.3. The quantitative estimate of drug-likeness (QED) is 0.752. The van der Waals surface area contributed by atoms with Crippen molar-refractivity contribution in [3.63, 3.8) is 0 Å². The van der Waals surface area contributed by atoms with E-state index in [2.05, 4.69) is 24.1 Å². The number of allylic oxidation sites excluding steroid dienone is 1. The first-order chi connectivity index (χ1) is 10.6. The minimum Gasteiger partial charge on any atom is -0.245 e. The van der Waals surface area contributed by atoms with Crippen molar-refractivity contribution >= 4 is 28.3 Å². The summed E-state index contributed by atoms with van der Waals surface area (Å²) in [5, 5.41) is 9.62. The Labute approximate surface area is 140 Å². The summed E-state index contributed by atoms with van der Waals surface area (Å²) in [6.07, 6.45) is 4.75. The maximum atomic E-state index is 8.80. The second-order valence-electron chi connectivity index (χ2n) is 4.89. The highest BCUT2D eigenvalue weighted by Crippen LogP contribution is 2.28. The van der Waals surface area contributed by atoms with Gasteiger partial charge in [0, 0.05) is 27.4 Å². The van der Waals surface area contributed by atoms with Gasteiger partial charge in [0.15, 0.2) is 0 Å². The summed E-state index contributed by atoms with van der Waals surface area (Å²) < 4.78 is 0. The van der Waals surface area contributed by atoms with Crippen molar-refractivity contribution < 1.29 is 0 Å². The van der Waals surface area contributed by atoms with Crippen LogP contribution in [0.15, 0.2) is 42.6 Å². The third-order valence-electron chi connectivity index (χ3n) is 3.25. The lowest BCUT2D eigenvalue weighted by Crippen LogP contribution is -1.92. The molecule has 0 spiro atoms. The largest absolute Gasteiger partial charge is 0.245 e. The van der Waals surface area contributed by atoms with Crippen LogP contribution in [0.5, 0.6) is 0 Å². The van der Waals surface area contributed by atoms with Crippen LogP contribution in [0.4, 0.5) is 0 Å². The Morgan fingerprint density at radius 3 is 2.82 bits per heavy atom. The predicted octanol–water partition coefficient (Wildman–Crippen LogP) is 5.25. The van der Waals surface area contributed by atoms with E-state index in [1.807, 2.05) is 31.2 Å². The Kier molecular flexibility index (Phi) is 6.06. The summed E-state index contributed by atoms with van der Waals surface area (Å²) in [6.45, 7) is 4.09. The second kappa shape index (κ2) is 8.03. The van der Waals surface area contributed by atoms with Gasteiger partial charge in [-0.2, -0.15) is 5.26 Å². The number of rotatable bonds is 5. The van der Waals surface area contributed by atoms with Crippen LogP contribution in [-0.2, 0) is 6.42 Å². The Balaban J connectivity index is 1.99. The Morgan fingerprint density at radius 2 is 2.18 bits per heavy atom. The van der Waals surface area contributed by atoms with Gasteiger partial charge in [0.05, 0.1) is 0 Å². The minimum atomic E-state index is 0.441. The molecule has 0 aliphatic rings. The van der Waals surface area contributed by atoms with Crippen LogP contribution in [0.1, 0.15) is 29.3 Å². The minimum absolute atomic E-state index is 0.441. The van der Waals surface area contributed by atoms with Gasteiger partial charge in [0.25, 0.3) is 0 Å². The molecule has 0 N–H and O–H groups in total. The van der Waals surface area contributed by atoms with E-state index < -0.39 is 0 Å². The molecule has 4 heteroatoms. The fourth-order valence-corrected chi connectivity index (χ4v) is 3.31. The molecule has 1 aromatic heterocycles. The van der Waals surface area contributed by atoms with E-state index in [0.717, 1.165) is 22.8 Å². The molecule has 0 aliphatic carbocycles. The number of nitriles is 1. The van der Waals surface area contributed by atoms with Crippen molar-refractivity contribution in [2.24, 2.45) is 0 Å². The smallest absolute Gasteiger partial charge is 0.140 e. The number of aryl methyl sites for hydroxylation is 2. The van der Waals surface area contributed by atoms with Crippen LogP contribution in [0.3, 0.4) is 0 Å². The molecule has 1 heterocycles. The molecule has 2 aromatic rings. The van der Waals surface area contributed by atoms with Crippen LogP contribution in [0, 0.1) is 18.3 Å². The third kappa shape index (κ3) is 4.37. The highest BCUT2D eigenvalue weighted by Gasteiger charge is 2.05. The number of aromatic nitrogens is 1. The lowest BCUT2D eigenvalue weighted by atomic mass is 10.1. The number of pyridine rings is 1. The molecule has 0 saturated carbocycles. The van der Waals surface area contributed by atoms with E-state index in [1.165, 1.54) is 16.0 Å². The molecule has 0 bridgehead atoms. The molecule has 0 atom stereocenters. The number of hydrogen-bond donors (Lipinski definition) is 0. The molecular weight excluding hydrogens is 312 g/mol. The summed E-state index contributed by atoms with van der Waals surface area (Å²) in [5.41, 5.74) is 3.90. The van der Waals surface area contributed by atoms with E-state index in [1.54, 1.807) is 24.0 Å². The van der Waals surface area contributed by atoms with Crippen molar-refractivity contribution in [2.75, 3.05) is 5.75 Å². The molecule has 0 saturated heterocycles. The van der Waals surface area contributed by atoms with Crippen LogP contribution in [0.2, 0.25) is 5.02 Å². The molecule has 0 fully saturated rings. The molecule has 2 nitrogen and oxygen atoms in total. The van der Waals surface area contributed by atoms with Gasteiger partial charge in [0.2, 0.25) is 0 Å². The molecule has 0 amide bonds. The molecular formula is C18H17ClN2S. The summed E-state index contributed by atoms with van der Waals surface area (Å²) >= 11 is 8.01. The number of nitrogens with zero attached hydrogens (tertiary/aromatic N) is 2. The third-order valence-corrected chi connectivity index (χ3v) is 4.81. The van der Waals surface area contributed by atoms with Crippen molar-refractivity contribution in [3.8, 4) is 6.07 Å². The van der Waals surface area contributed by atoms with Gasteiger partial charge < -0.3 is 0 Å². The summed E-state index contributed by atoms with van der Waals surface area (Å²) in [7, 11) is 0. The number of hydrogen-bond acceptors (Lipinski definition) is 3. The Bertz CT molecular complexity index is 715. The zero-order valence-electron chi connectivity index (χ0n) is 12.6. The van der Waals surface area contributed by atoms with Gasteiger partial charge in [-0.3, -0.25) is 0 Å². The SMILES string of the molecule is C/C=C(\SCCc1cc(C)ccc1Cl)c1ccc(C#N)nc1. The molecule has 0 radical (unpaired) electrons. The fourth-order valence-electron chi connectivity index (χ4n) is 2.11. The first-order valence-electron chi connectivity index (χ1n) is 7.04. The van der Waals surface area contributed by atoms with Crippen molar-refractivity contribution in [1.82, 2.24) is 4.98 Å². The van der Waals surface area contributed by atoms with Gasteiger partial charge in [-0.25, -0.2) is 4.98 Å². The van der Waals surface area contributed by atoms with Crippen molar-refractivity contribution in [2.45, 2.75) is 20.3 Å². The summed E-state index contributed by atoms with van der Waals surface area (Å²) in [4.78, 5) is 5.29. The van der Waals surface area contributed by atoms with Crippen molar-refractivity contribution in [3.05, 3.63) is 70.0 Å². The monoisotopic (exact) mass is 328 g/mol. The summed E-state index contributed by atoms with van der Waals surface area (Å²) in [6, 6.07) is 11.8. The van der Waals surface area contributed by atoms with Gasteiger partial charge in [0.1, 0.15) is 11.8 Å². The lowest BCUT2D eigenvalue weighted by molar-refractivity contribution is 1.15. The fraction of sp³-hybridized carbons (Fsp3) is 0.222. The number of thioether (sulfide) groups is 1. The van der Waals surface area contributed by atoms with Gasteiger partial charge in [-0.1, -0.05) is 35.4 Å². The first kappa shape index (κ1) is 16.6. The molecule has 22 heavy (non-hydrogen) atoms. The van der Waals surface area contributed by atoms with E-state index in [-0.39, 0.29) is 0 Å². The highest BCUT2D eigenvalue weighted by molar-refractivity contribution is 8.08. The highest BCUT2D eigenvalue weighted by atomic mass is 35.5. The average molecular weight is 329 g/mol. The molecule has 2 rings (SSSR count). The zero-order valence-corrected chi connectivity index (χ0v) is 14.2. The van der Waals surface area contributed by atoms with Gasteiger partial charge in [-0.15, -0.1) is 11.8 Å². The first-order valence-corrected chi connectivity index (χ1v) is 8.41. The molecule has 0 aliphatic heterocycles. The average Bonchev–Trinajstić information content (AvgIpc) is 2.55. The van der Waals surface area contributed by atoms with Gasteiger partial charge in [-0.05, 0) is 44.0 Å². The van der Waals surface area contributed by atoms with Crippen LogP contribution < -0.4 is 0 Å². The predicted molar refractivity (Wildman–Crippen MR) is 95.0 cm³/mol. The van der Waals surface area contributed by atoms with E-state index in [4.69, 9.17) is 16.9 Å². The van der Waals surface area contributed by atoms with Crippen molar-refractivity contribution in [1.29, 1.82) is 5.26 Å². The molecule has 112 valence electrons. The van der Waals surface area contributed by atoms with Crippen LogP contribution in [0.25, 0.3) is 4.91 Å². The Hall–Kier alpha value is -1.76. The Morgan fingerprint density at radius 1 is 1.36 bits per heavy atom.